The van der Waals surface area contributed by atoms with Gasteiger partial charge in [0.25, 0.3) is 0 Å². The maximum Gasteiger partial charge on any atom is 0.333 e. The number of carbonyl (C=O) groups excluding carboxylic acids is 2. The number of aromatic nitrogens is 2. The van der Waals surface area contributed by atoms with Gasteiger partial charge in [-0.1, -0.05) is 18.8 Å². The molecule has 0 bridgehead atoms. The summed E-state index contributed by atoms with van der Waals surface area (Å²) in [7, 11) is 0. The predicted octanol–water partition coefficient (Wildman–Crippen LogP) is 2.23. The molecular formula is C14H18N2O4S. The molecule has 0 atom stereocenters. The number of hydrogen-bond donors (Lipinski definition) is 1. The van der Waals surface area contributed by atoms with E-state index in [2.05, 4.69) is 11.6 Å². The van der Waals surface area contributed by atoms with Gasteiger partial charge < -0.3 is 4.74 Å². The van der Waals surface area contributed by atoms with Crippen LogP contribution in [0.5, 0.6) is 0 Å². The number of aromatic amines is 1. The van der Waals surface area contributed by atoms with Crippen molar-refractivity contribution >= 4 is 24.1 Å². The van der Waals surface area contributed by atoms with Crippen molar-refractivity contribution in [1.29, 1.82) is 0 Å². The molecule has 7 heteroatoms. The first kappa shape index (κ1) is 17.0. The van der Waals surface area contributed by atoms with E-state index in [4.69, 9.17) is 17.0 Å². The number of nitrogens with one attached hydrogen (secondary N) is 1. The van der Waals surface area contributed by atoms with Gasteiger partial charge in [-0.05, 0) is 32.3 Å². The van der Waals surface area contributed by atoms with Crippen molar-refractivity contribution in [2.45, 2.75) is 32.6 Å². The lowest BCUT2D eigenvalue weighted by Gasteiger charge is -2.05. The Morgan fingerprint density at radius 1 is 1.38 bits per heavy atom. The molecule has 1 aromatic heterocycles. The Labute approximate surface area is 127 Å². The summed E-state index contributed by atoms with van der Waals surface area (Å²) in [5.74, 6) is -0.692. The molecule has 114 valence electrons. The van der Waals surface area contributed by atoms with Crippen LogP contribution in [0.3, 0.4) is 0 Å². The van der Waals surface area contributed by atoms with Crippen molar-refractivity contribution < 1.29 is 14.3 Å². The average molecular weight is 310 g/mol. The van der Waals surface area contributed by atoms with Crippen molar-refractivity contribution in [1.82, 2.24) is 9.55 Å². The molecule has 0 aliphatic carbocycles. The average Bonchev–Trinajstić information content (AvgIpc) is 2.41. The summed E-state index contributed by atoms with van der Waals surface area (Å²) in [5, 5.41) is 0. The summed E-state index contributed by atoms with van der Waals surface area (Å²) in [6.07, 6.45) is 3.63. The highest BCUT2D eigenvalue weighted by Gasteiger charge is 2.07. The summed E-state index contributed by atoms with van der Waals surface area (Å²) in [5.41, 5.74) is -0.158. The number of unbranched alkanes of at least 4 members (excludes halogenated alkanes) is 2. The van der Waals surface area contributed by atoms with Gasteiger partial charge in [-0.2, -0.15) is 0 Å². The minimum absolute atomic E-state index is 0.249. The number of carbonyl (C=O) groups is 2. The van der Waals surface area contributed by atoms with Gasteiger partial charge in [-0.15, -0.1) is 0 Å². The third-order valence-electron chi connectivity index (χ3n) is 2.71. The van der Waals surface area contributed by atoms with Crippen LogP contribution in [0.1, 0.15) is 37.4 Å². The lowest BCUT2D eigenvalue weighted by atomic mass is 10.2. The molecule has 0 saturated heterocycles. The van der Waals surface area contributed by atoms with Crippen LogP contribution < -0.4 is 5.69 Å². The largest absolute Gasteiger partial charge is 0.462 e. The number of H-pyrrole nitrogens is 1. The highest BCUT2D eigenvalue weighted by Crippen LogP contribution is 2.03. The zero-order valence-electron chi connectivity index (χ0n) is 11.9. The van der Waals surface area contributed by atoms with Crippen LogP contribution in [-0.2, 0) is 9.53 Å². The van der Waals surface area contributed by atoms with Gasteiger partial charge >= 0.3 is 11.7 Å². The van der Waals surface area contributed by atoms with Crippen molar-refractivity contribution in [3.63, 3.8) is 0 Å². The summed E-state index contributed by atoms with van der Waals surface area (Å²) >= 11 is 4.79. The molecule has 0 spiro atoms. The molecular weight excluding hydrogens is 292 g/mol. The topological polar surface area (TPSA) is 81.2 Å². The highest BCUT2D eigenvalue weighted by atomic mass is 32.1. The van der Waals surface area contributed by atoms with E-state index in [0.29, 0.717) is 29.7 Å². The van der Waals surface area contributed by atoms with Crippen molar-refractivity contribution in [3.05, 3.63) is 39.5 Å². The molecule has 1 rings (SSSR count). The van der Waals surface area contributed by atoms with Crippen LogP contribution in [-0.4, -0.2) is 28.0 Å². The molecule has 0 fully saturated rings. The molecule has 0 aliphatic rings. The molecule has 1 aromatic rings. The molecule has 6 nitrogen and oxygen atoms in total. The van der Waals surface area contributed by atoms with E-state index in [-0.39, 0.29) is 12.3 Å². The van der Waals surface area contributed by atoms with E-state index >= 15 is 0 Å². The van der Waals surface area contributed by atoms with E-state index in [1.165, 1.54) is 12.3 Å². The van der Waals surface area contributed by atoms with E-state index in [9.17, 15) is 14.4 Å². The Morgan fingerprint density at radius 3 is 2.71 bits per heavy atom. The Hall–Kier alpha value is -2.02. The number of rotatable bonds is 7. The first-order chi connectivity index (χ1) is 9.91. The summed E-state index contributed by atoms with van der Waals surface area (Å²) in [4.78, 5) is 36.8. The van der Waals surface area contributed by atoms with Gasteiger partial charge in [0.2, 0.25) is 5.91 Å². The monoisotopic (exact) mass is 310 g/mol. The molecule has 0 radical (unpaired) electrons. The van der Waals surface area contributed by atoms with Gasteiger partial charge in [0.15, 0.2) is 0 Å². The second-order valence-corrected chi connectivity index (χ2v) is 5.04. The fraction of sp³-hybridized carbons (Fsp3) is 0.429. The van der Waals surface area contributed by atoms with E-state index < -0.39 is 11.7 Å². The first-order valence-electron chi connectivity index (χ1n) is 6.59. The number of hydrogen-bond acceptors (Lipinski definition) is 5. The Balaban J connectivity index is 2.28. The minimum atomic E-state index is -0.525. The Morgan fingerprint density at radius 2 is 2.10 bits per heavy atom. The number of nitrogens with zero attached hydrogens (tertiary/aromatic N) is 1. The van der Waals surface area contributed by atoms with Gasteiger partial charge in [0.05, 0.1) is 6.61 Å². The molecule has 1 heterocycles. The molecule has 0 aromatic carbocycles. The third kappa shape index (κ3) is 5.86. The van der Waals surface area contributed by atoms with Crippen LogP contribution >= 0.6 is 12.2 Å². The van der Waals surface area contributed by atoms with Gasteiger partial charge in [-0.25, -0.2) is 14.2 Å². The molecule has 1 N–H and O–H groups in total. The van der Waals surface area contributed by atoms with Gasteiger partial charge in [-0.3, -0.25) is 9.78 Å². The van der Waals surface area contributed by atoms with Crippen molar-refractivity contribution in [3.8, 4) is 0 Å². The lowest BCUT2D eigenvalue weighted by Crippen LogP contribution is -2.28. The minimum Gasteiger partial charge on any atom is -0.462 e. The van der Waals surface area contributed by atoms with E-state index in [1.54, 1.807) is 6.92 Å². The maximum absolute atomic E-state index is 11.8. The third-order valence-corrected chi connectivity index (χ3v) is 2.95. The molecule has 0 aliphatic heterocycles. The summed E-state index contributed by atoms with van der Waals surface area (Å²) in [6.45, 7) is 5.37. The molecule has 0 unspecified atom stereocenters. The smallest absolute Gasteiger partial charge is 0.333 e. The van der Waals surface area contributed by atoms with Crippen LogP contribution in [0.25, 0.3) is 0 Å². The van der Waals surface area contributed by atoms with Crippen LogP contribution in [0.4, 0.5) is 0 Å². The summed E-state index contributed by atoms with van der Waals surface area (Å²) in [6, 6.07) is 1.49. The Kier molecular flexibility index (Phi) is 6.74. The molecule has 0 saturated carbocycles. The van der Waals surface area contributed by atoms with Crippen LogP contribution in [0.2, 0.25) is 0 Å². The Bertz CT molecular complexity index is 645. The number of ether oxygens (including phenoxy) is 1. The second-order valence-electron chi connectivity index (χ2n) is 4.60. The standard InChI is InChI=1S/C14H18N2O4S/c1-10(2)13(18)20-9-5-3-4-6-12(17)16-8-7-11(21)15-14(16)19/h7-8H,1,3-6,9H2,2H3,(H,15,19,21). The summed E-state index contributed by atoms with van der Waals surface area (Å²) < 4.78 is 6.24. The number of esters is 1. The first-order valence-corrected chi connectivity index (χ1v) is 7.00. The normalized spacial score (nSPS) is 10.1. The second kappa shape index (κ2) is 8.31. The van der Waals surface area contributed by atoms with Crippen LogP contribution in [0.15, 0.2) is 29.2 Å². The zero-order valence-corrected chi connectivity index (χ0v) is 12.7. The fourth-order valence-corrected chi connectivity index (χ4v) is 1.73. The lowest BCUT2D eigenvalue weighted by molar-refractivity contribution is -0.139. The maximum atomic E-state index is 11.8. The SMILES string of the molecule is C=C(C)C(=O)OCCCCCC(=O)n1ccc(=S)[nH]c1=O. The van der Waals surface area contributed by atoms with Gasteiger partial charge in [0.1, 0.15) is 4.64 Å². The van der Waals surface area contributed by atoms with E-state index in [0.717, 1.165) is 11.0 Å². The van der Waals surface area contributed by atoms with Gasteiger partial charge in [0, 0.05) is 18.2 Å². The molecule has 0 amide bonds. The molecule has 21 heavy (non-hydrogen) atoms. The van der Waals surface area contributed by atoms with Crippen LogP contribution in [0, 0.1) is 4.64 Å². The van der Waals surface area contributed by atoms with E-state index in [1.807, 2.05) is 0 Å². The quantitative estimate of drug-likeness (QED) is 0.361. The predicted molar refractivity (Wildman–Crippen MR) is 80.8 cm³/mol. The zero-order chi connectivity index (χ0) is 15.8. The highest BCUT2D eigenvalue weighted by molar-refractivity contribution is 7.71. The van der Waals surface area contributed by atoms with Crippen molar-refractivity contribution in [2.75, 3.05) is 6.61 Å². The fourth-order valence-electron chi connectivity index (χ4n) is 1.58. The van der Waals surface area contributed by atoms with Crippen molar-refractivity contribution in [2.24, 2.45) is 0 Å².